The maximum Gasteiger partial charge on any atom is 0.239 e. The molecule has 2 aromatic carbocycles. The Hall–Kier alpha value is -2.80. The Morgan fingerprint density at radius 3 is 2.49 bits per heavy atom. The predicted molar refractivity (Wildman–Crippen MR) is 146 cm³/mol. The van der Waals surface area contributed by atoms with Crippen molar-refractivity contribution in [2.75, 3.05) is 13.7 Å². The molecule has 1 aliphatic rings. The van der Waals surface area contributed by atoms with Gasteiger partial charge in [-0.1, -0.05) is 75.6 Å². The highest BCUT2D eigenvalue weighted by Crippen LogP contribution is 2.28. The number of rotatable bonds is 14. The maximum atomic E-state index is 12.4. The van der Waals surface area contributed by atoms with E-state index < -0.39 is 0 Å². The number of amides is 1. The molecule has 7 heteroatoms. The van der Waals surface area contributed by atoms with Crippen LogP contribution in [-0.4, -0.2) is 36.3 Å². The largest absolute Gasteiger partial charge is 0.493 e. The van der Waals surface area contributed by atoms with Gasteiger partial charge < -0.3 is 14.8 Å². The number of carbonyl (C=O) groups is 1. The van der Waals surface area contributed by atoms with Crippen LogP contribution in [0, 0.1) is 0 Å². The van der Waals surface area contributed by atoms with Gasteiger partial charge in [0, 0.05) is 0 Å². The van der Waals surface area contributed by atoms with Crippen molar-refractivity contribution in [1.29, 1.82) is 0 Å². The zero-order chi connectivity index (χ0) is 24.9. The number of carbonyl (C=O) groups excluding carboxylic acids is 1. The molecule has 2 aromatic rings. The fourth-order valence-electron chi connectivity index (χ4n) is 3.77. The first-order valence-electron chi connectivity index (χ1n) is 12.6. The van der Waals surface area contributed by atoms with Crippen LogP contribution in [0.5, 0.6) is 11.5 Å². The minimum atomic E-state index is -0.195. The summed E-state index contributed by atoms with van der Waals surface area (Å²) < 4.78 is 11.3. The fraction of sp³-hybridized carbons (Fsp3) is 0.464. The first-order chi connectivity index (χ1) is 17.1. The molecule has 1 heterocycles. The molecule has 35 heavy (non-hydrogen) atoms. The molecular weight excluding hydrogens is 458 g/mol. The molecule has 1 amide bonds. The van der Waals surface area contributed by atoms with Crippen LogP contribution in [0.25, 0.3) is 0 Å². The van der Waals surface area contributed by atoms with Crippen molar-refractivity contribution < 1.29 is 14.3 Å². The molecule has 1 saturated heterocycles. The third-order valence-corrected chi connectivity index (χ3v) is 6.91. The highest BCUT2D eigenvalue weighted by Gasteiger charge is 2.30. The Balaban J connectivity index is 1.52. The Morgan fingerprint density at radius 2 is 1.74 bits per heavy atom. The Kier molecular flexibility index (Phi) is 11.2. The van der Waals surface area contributed by atoms with Crippen molar-refractivity contribution in [3.05, 3.63) is 59.2 Å². The van der Waals surface area contributed by atoms with Gasteiger partial charge in [-0.25, -0.2) is 0 Å². The molecule has 3 rings (SSSR count). The van der Waals surface area contributed by atoms with E-state index in [1.165, 1.54) is 49.4 Å². The highest BCUT2D eigenvalue weighted by molar-refractivity contribution is 8.15. The molecule has 0 aliphatic carbocycles. The number of nitrogens with one attached hydrogen (secondary N) is 1. The summed E-state index contributed by atoms with van der Waals surface area (Å²) >= 11 is 1.42. The zero-order valence-electron chi connectivity index (χ0n) is 21.1. The van der Waals surface area contributed by atoms with Crippen molar-refractivity contribution in [3.8, 4) is 11.5 Å². The van der Waals surface area contributed by atoms with E-state index in [9.17, 15) is 4.79 Å². The van der Waals surface area contributed by atoms with Gasteiger partial charge in [0.05, 0.1) is 25.2 Å². The van der Waals surface area contributed by atoms with Gasteiger partial charge in [-0.15, -0.1) is 5.10 Å². The molecule has 1 N–H and O–H groups in total. The number of amidine groups is 1. The number of ether oxygens (including phenoxy) is 2. The van der Waals surface area contributed by atoms with Crippen LogP contribution in [0.15, 0.2) is 52.7 Å². The fourth-order valence-corrected chi connectivity index (χ4v) is 4.73. The van der Waals surface area contributed by atoms with E-state index in [0.29, 0.717) is 23.9 Å². The van der Waals surface area contributed by atoms with Crippen LogP contribution in [0.4, 0.5) is 0 Å². The van der Waals surface area contributed by atoms with Crippen LogP contribution in [0.2, 0.25) is 0 Å². The van der Waals surface area contributed by atoms with Crippen molar-refractivity contribution >= 4 is 29.1 Å². The average molecular weight is 496 g/mol. The lowest BCUT2D eigenvalue weighted by molar-refractivity contribution is -0.118. The topological polar surface area (TPSA) is 72.3 Å². The molecule has 0 aromatic heterocycles. The molecule has 1 aliphatic heterocycles. The summed E-state index contributed by atoms with van der Waals surface area (Å²) in [7, 11) is 1.63. The van der Waals surface area contributed by atoms with Crippen LogP contribution >= 0.6 is 11.8 Å². The summed E-state index contributed by atoms with van der Waals surface area (Å²) in [4.78, 5) is 12.4. The van der Waals surface area contributed by atoms with Gasteiger partial charge in [0.2, 0.25) is 5.91 Å². The predicted octanol–water partition coefficient (Wildman–Crippen LogP) is 6.16. The lowest BCUT2D eigenvalue weighted by Gasteiger charge is -2.11. The van der Waals surface area contributed by atoms with Crippen LogP contribution < -0.4 is 14.8 Å². The molecular formula is C28H37N3O3S. The van der Waals surface area contributed by atoms with Gasteiger partial charge in [0.1, 0.15) is 0 Å². The van der Waals surface area contributed by atoms with Gasteiger partial charge >= 0.3 is 0 Å². The van der Waals surface area contributed by atoms with Gasteiger partial charge in [-0.2, -0.15) is 5.10 Å². The van der Waals surface area contributed by atoms with Gasteiger partial charge in [0.25, 0.3) is 0 Å². The molecule has 0 radical (unpaired) electrons. The quantitative estimate of drug-likeness (QED) is 0.193. The summed E-state index contributed by atoms with van der Waals surface area (Å²) in [5.74, 6) is 1.37. The maximum absolute atomic E-state index is 12.4. The third kappa shape index (κ3) is 8.73. The molecule has 0 bridgehead atoms. The first kappa shape index (κ1) is 26.8. The normalized spacial score (nSPS) is 16.7. The zero-order valence-corrected chi connectivity index (χ0v) is 21.9. The number of hydrogen-bond donors (Lipinski definition) is 1. The van der Waals surface area contributed by atoms with E-state index in [2.05, 4.69) is 53.6 Å². The summed E-state index contributed by atoms with van der Waals surface area (Å²) in [5.41, 5.74) is 3.35. The molecule has 0 spiro atoms. The number of aryl methyl sites for hydroxylation is 1. The second kappa shape index (κ2) is 14.6. The molecule has 0 unspecified atom stereocenters. The second-order valence-corrected chi connectivity index (χ2v) is 9.88. The van der Waals surface area contributed by atoms with Gasteiger partial charge in [-0.3, -0.25) is 4.79 Å². The molecule has 6 nitrogen and oxygen atoms in total. The number of thioether (sulfide) groups is 1. The van der Waals surface area contributed by atoms with E-state index in [4.69, 9.17) is 9.47 Å². The molecule has 1 atom stereocenters. The van der Waals surface area contributed by atoms with Gasteiger partial charge in [-0.05, 0) is 60.6 Å². The van der Waals surface area contributed by atoms with Crippen LogP contribution in [0.3, 0.4) is 0 Å². The van der Waals surface area contributed by atoms with Crippen molar-refractivity contribution in [2.24, 2.45) is 10.2 Å². The highest BCUT2D eigenvalue weighted by atomic mass is 32.2. The van der Waals surface area contributed by atoms with E-state index in [1.54, 1.807) is 13.3 Å². The molecule has 0 saturated carbocycles. The Morgan fingerprint density at radius 1 is 0.971 bits per heavy atom. The first-order valence-corrected chi connectivity index (χ1v) is 13.5. The van der Waals surface area contributed by atoms with E-state index >= 15 is 0 Å². The monoisotopic (exact) mass is 495 g/mol. The molecule has 1 fully saturated rings. The van der Waals surface area contributed by atoms with Gasteiger partial charge in [0.15, 0.2) is 16.7 Å². The number of nitrogens with zero attached hydrogens (tertiary/aromatic N) is 2. The van der Waals surface area contributed by atoms with Crippen molar-refractivity contribution in [2.45, 2.75) is 70.5 Å². The van der Waals surface area contributed by atoms with E-state index in [-0.39, 0.29) is 11.2 Å². The lowest BCUT2D eigenvalue weighted by atomic mass is 10.0. The number of unbranched alkanes of at least 4 members (excludes halogenated alkanes) is 4. The standard InChI is InChI=1S/C28H37N3O3S/c1-4-6-8-9-17-34-24-16-15-23(18-25(24)33-3)20-29-31-28-30-27(32)26(35-28)19-22-13-11-21(12-14-22)10-7-5-2/h11-16,18,20,26H,4-10,17,19H2,1-3H3,(H,30,31,32)/b29-20-/t26-/m1/s1. The van der Waals surface area contributed by atoms with Crippen molar-refractivity contribution in [3.63, 3.8) is 0 Å². The average Bonchev–Trinajstić information content (AvgIpc) is 3.22. The van der Waals surface area contributed by atoms with Crippen LogP contribution in [-0.2, 0) is 17.6 Å². The van der Waals surface area contributed by atoms with E-state index in [1.807, 2.05) is 18.2 Å². The Bertz CT molecular complexity index is 1010. The summed E-state index contributed by atoms with van der Waals surface area (Å²) in [6, 6.07) is 14.3. The SMILES string of the molecule is CCCCCCOc1ccc(/C=N\N=C2\NC(=O)[C@@H](Cc3ccc(CCCC)cc3)S2)cc1OC. The third-order valence-electron chi connectivity index (χ3n) is 5.84. The summed E-state index contributed by atoms with van der Waals surface area (Å²) in [6.45, 7) is 5.07. The molecule has 188 valence electrons. The summed E-state index contributed by atoms with van der Waals surface area (Å²) in [6.07, 6.45) is 10.4. The second-order valence-electron chi connectivity index (χ2n) is 8.69. The smallest absolute Gasteiger partial charge is 0.239 e. The van der Waals surface area contributed by atoms with Crippen LogP contribution in [0.1, 0.15) is 69.1 Å². The minimum absolute atomic E-state index is 0.0267. The number of methoxy groups -OCH3 is 1. The summed E-state index contributed by atoms with van der Waals surface area (Å²) in [5, 5.41) is 11.5. The minimum Gasteiger partial charge on any atom is -0.493 e. The number of hydrogen-bond acceptors (Lipinski definition) is 6. The Labute approximate surface area is 213 Å². The number of benzene rings is 2. The lowest BCUT2D eigenvalue weighted by Crippen LogP contribution is -2.25. The van der Waals surface area contributed by atoms with E-state index in [0.717, 1.165) is 29.7 Å². The van der Waals surface area contributed by atoms with Crippen molar-refractivity contribution in [1.82, 2.24) is 5.32 Å².